The van der Waals surface area contributed by atoms with Gasteiger partial charge in [-0.05, 0) is 0 Å². The first kappa shape index (κ1) is 22.0. The number of hydrogen-bond acceptors (Lipinski definition) is 1. The Balaban J connectivity index is 5.39. The number of allylic oxidation sites excluding steroid dienone is 2. The van der Waals surface area contributed by atoms with Crippen LogP contribution in [0.15, 0.2) is 19.8 Å². The van der Waals surface area contributed by atoms with E-state index in [1.54, 1.807) is 3.59 Å². The number of ether oxygens (including phenoxy) is 1. The predicted octanol–water partition coefficient (Wildman–Crippen LogP) is 6.90. The second-order valence-electron chi connectivity index (χ2n) is 6.00. The van der Waals surface area contributed by atoms with Crippen molar-refractivity contribution in [1.82, 2.24) is 0 Å². The molecule has 0 atom stereocenters. The van der Waals surface area contributed by atoms with Crippen LogP contribution in [-0.4, -0.2) is 32.1 Å². The zero-order valence-electron chi connectivity index (χ0n) is 14.6. The number of unbranched alkanes of at least 4 members (excludes halogenated alkanes) is 3. The first-order chi connectivity index (χ1) is 10.2. The summed E-state index contributed by atoms with van der Waals surface area (Å²) < 4.78 is 13.9. The summed E-state index contributed by atoms with van der Waals surface area (Å²) in [7, 11) is 1.81. The standard InChI is InChI=1S/C6H8IO.3C4H9.Sn/c1-8-6-4-2-3-5-7;3*1-3-4-2;/h3-5H,6H2,1H3;3*1,3-4H2,2H3;/b4-2?,5-3+;;;;. The van der Waals surface area contributed by atoms with Crippen molar-refractivity contribution in [2.45, 2.75) is 72.6 Å². The second kappa shape index (κ2) is 14.6. The van der Waals surface area contributed by atoms with Crippen molar-refractivity contribution in [3.8, 4) is 0 Å². The van der Waals surface area contributed by atoms with Crippen LogP contribution in [0.1, 0.15) is 59.3 Å². The normalized spacial score (nSPS) is 13.3. The summed E-state index contributed by atoms with van der Waals surface area (Å²) in [5.41, 5.74) is 0. The molecular weight excluding hydrogens is 478 g/mol. The molecule has 124 valence electrons. The van der Waals surface area contributed by atoms with Crippen LogP contribution in [-0.2, 0) is 4.74 Å². The summed E-state index contributed by atoms with van der Waals surface area (Å²) in [4.78, 5) is 0. The molecule has 0 unspecified atom stereocenters. The average Bonchev–Trinajstić information content (AvgIpc) is 2.51. The van der Waals surface area contributed by atoms with Crippen molar-refractivity contribution < 1.29 is 4.74 Å². The van der Waals surface area contributed by atoms with Gasteiger partial charge >= 0.3 is 152 Å². The second-order valence-corrected chi connectivity index (χ2v) is 20.0. The van der Waals surface area contributed by atoms with Crippen molar-refractivity contribution in [2.24, 2.45) is 0 Å². The van der Waals surface area contributed by atoms with Crippen LogP contribution in [0.4, 0.5) is 0 Å². The zero-order chi connectivity index (χ0) is 16.0. The molecule has 0 spiro atoms. The first-order valence-electron chi connectivity index (χ1n) is 8.67. The molecule has 21 heavy (non-hydrogen) atoms. The predicted molar refractivity (Wildman–Crippen MR) is 108 cm³/mol. The van der Waals surface area contributed by atoms with Crippen molar-refractivity contribution in [3.63, 3.8) is 0 Å². The molecule has 0 aliphatic rings. The van der Waals surface area contributed by atoms with Gasteiger partial charge in [0.1, 0.15) is 0 Å². The number of hydrogen-bond donors (Lipinski definition) is 0. The SMILES string of the molecule is CCC[CH2][Sn]([CH2]CCC)([CH2]CCC)[C](=C\COC)/C=C/I. The van der Waals surface area contributed by atoms with Crippen LogP contribution in [0, 0.1) is 0 Å². The molecule has 1 nitrogen and oxygen atoms in total. The summed E-state index contributed by atoms with van der Waals surface area (Å²) in [6.45, 7) is 7.79. The van der Waals surface area contributed by atoms with Gasteiger partial charge in [0.2, 0.25) is 0 Å². The van der Waals surface area contributed by atoms with E-state index < -0.39 is 18.4 Å². The minimum atomic E-state index is -2.24. The van der Waals surface area contributed by atoms with Crippen molar-refractivity contribution in [1.29, 1.82) is 0 Å². The van der Waals surface area contributed by atoms with E-state index in [1.807, 2.05) is 7.11 Å². The Hall–Kier alpha value is 0.969. The third kappa shape index (κ3) is 8.99. The van der Waals surface area contributed by atoms with Crippen LogP contribution in [0.5, 0.6) is 0 Å². The van der Waals surface area contributed by atoms with E-state index in [-0.39, 0.29) is 0 Å². The van der Waals surface area contributed by atoms with E-state index in [2.05, 4.69) is 59.6 Å². The van der Waals surface area contributed by atoms with Crippen LogP contribution in [0.2, 0.25) is 13.3 Å². The molecule has 0 saturated heterocycles. The molecule has 0 radical (unpaired) electrons. The quantitative estimate of drug-likeness (QED) is 0.148. The van der Waals surface area contributed by atoms with E-state index in [0.717, 1.165) is 6.61 Å². The van der Waals surface area contributed by atoms with Crippen molar-refractivity contribution in [2.75, 3.05) is 13.7 Å². The molecule has 0 aromatic carbocycles. The van der Waals surface area contributed by atoms with Gasteiger partial charge in [-0.3, -0.25) is 0 Å². The monoisotopic (exact) mass is 514 g/mol. The fourth-order valence-electron chi connectivity index (χ4n) is 3.06. The van der Waals surface area contributed by atoms with Gasteiger partial charge in [0, 0.05) is 0 Å². The Bertz CT molecular complexity index is 278. The molecule has 0 aromatic rings. The van der Waals surface area contributed by atoms with E-state index in [9.17, 15) is 0 Å². The summed E-state index contributed by atoms with van der Waals surface area (Å²) in [6.07, 6.45) is 13.1. The number of methoxy groups -OCH3 is 1. The maximum absolute atomic E-state index is 5.35. The third-order valence-corrected chi connectivity index (χ3v) is 20.5. The maximum atomic E-state index is 5.35. The molecule has 0 saturated carbocycles. The van der Waals surface area contributed by atoms with Gasteiger partial charge < -0.3 is 0 Å². The summed E-state index contributed by atoms with van der Waals surface area (Å²) in [5.74, 6) is 0. The van der Waals surface area contributed by atoms with E-state index in [4.69, 9.17) is 4.74 Å². The van der Waals surface area contributed by atoms with Gasteiger partial charge in [0.05, 0.1) is 0 Å². The Morgan fingerprint density at radius 2 is 1.43 bits per heavy atom. The van der Waals surface area contributed by atoms with E-state index >= 15 is 0 Å². The molecule has 0 bridgehead atoms. The minimum absolute atomic E-state index is 0.777. The topological polar surface area (TPSA) is 9.23 Å². The molecule has 0 aromatic heterocycles. The van der Waals surface area contributed by atoms with Gasteiger partial charge in [-0.2, -0.15) is 0 Å². The van der Waals surface area contributed by atoms with Crippen LogP contribution >= 0.6 is 22.6 Å². The van der Waals surface area contributed by atoms with Crippen molar-refractivity contribution >= 4 is 41.0 Å². The van der Waals surface area contributed by atoms with Gasteiger partial charge in [0.25, 0.3) is 0 Å². The fourth-order valence-corrected chi connectivity index (χ4v) is 20.6. The Morgan fingerprint density at radius 1 is 0.952 bits per heavy atom. The van der Waals surface area contributed by atoms with Crippen LogP contribution in [0.25, 0.3) is 0 Å². The molecule has 0 fully saturated rings. The van der Waals surface area contributed by atoms with Crippen molar-refractivity contribution in [3.05, 3.63) is 19.8 Å². The third-order valence-electron chi connectivity index (χ3n) is 4.35. The summed E-state index contributed by atoms with van der Waals surface area (Å²) >= 11 is 0.142. The fraction of sp³-hybridized carbons (Fsp3) is 0.778. The Labute approximate surface area is 151 Å². The Kier molecular flexibility index (Phi) is 15.2. The molecule has 0 N–H and O–H groups in total. The molecular formula is C18H35IOSn. The van der Waals surface area contributed by atoms with E-state index in [1.165, 1.54) is 51.8 Å². The number of halogens is 1. The molecule has 0 aliphatic heterocycles. The van der Waals surface area contributed by atoms with E-state index in [0.29, 0.717) is 0 Å². The summed E-state index contributed by atoms with van der Waals surface area (Å²) in [6, 6.07) is 0. The molecule has 3 heteroatoms. The Morgan fingerprint density at radius 3 is 1.76 bits per heavy atom. The van der Waals surface area contributed by atoms with Gasteiger partial charge in [0.15, 0.2) is 0 Å². The summed E-state index contributed by atoms with van der Waals surface area (Å²) in [5, 5.41) is 0. The van der Waals surface area contributed by atoms with Gasteiger partial charge in [-0.1, -0.05) is 0 Å². The van der Waals surface area contributed by atoms with Gasteiger partial charge in [-0.25, -0.2) is 0 Å². The average molecular weight is 513 g/mol. The van der Waals surface area contributed by atoms with Crippen LogP contribution < -0.4 is 0 Å². The molecule has 0 aliphatic carbocycles. The van der Waals surface area contributed by atoms with Gasteiger partial charge in [-0.15, -0.1) is 0 Å². The molecule has 0 rings (SSSR count). The molecule has 0 heterocycles. The van der Waals surface area contributed by atoms with Crippen LogP contribution in [0.3, 0.4) is 0 Å². The first-order valence-corrected chi connectivity index (χ1v) is 17.4. The molecule has 0 amide bonds. The number of rotatable bonds is 13. The zero-order valence-corrected chi connectivity index (χ0v) is 19.6.